The molecule has 0 bridgehead atoms. The fraction of sp³-hybridized carbons (Fsp3) is 0.158. The number of phenolic OH excluding ortho intramolecular Hbond substituents is 1. The summed E-state index contributed by atoms with van der Waals surface area (Å²) >= 11 is 6.03. The van der Waals surface area contributed by atoms with Crippen LogP contribution in [0, 0.1) is 18.3 Å². The third-order valence-electron chi connectivity index (χ3n) is 3.39. The van der Waals surface area contributed by atoms with Gasteiger partial charge in [0.15, 0.2) is 11.5 Å². The van der Waals surface area contributed by atoms with Crippen LogP contribution in [0.4, 0.5) is 5.69 Å². The van der Waals surface area contributed by atoms with Crippen molar-refractivity contribution in [2.45, 2.75) is 13.8 Å². The molecular weight excluding hydrogens is 340 g/mol. The Balaban J connectivity index is 2.24. The summed E-state index contributed by atoms with van der Waals surface area (Å²) in [6.45, 7) is 4.04. The number of nitrogens with one attached hydrogen (secondary N) is 1. The van der Waals surface area contributed by atoms with Gasteiger partial charge in [-0.1, -0.05) is 23.7 Å². The number of ether oxygens (including phenoxy) is 1. The molecule has 0 unspecified atom stereocenters. The Morgan fingerprint density at radius 1 is 1.36 bits per heavy atom. The van der Waals surface area contributed by atoms with Gasteiger partial charge in [0.25, 0.3) is 5.91 Å². The van der Waals surface area contributed by atoms with Crippen LogP contribution in [0.1, 0.15) is 18.1 Å². The first-order valence-corrected chi connectivity index (χ1v) is 7.97. The van der Waals surface area contributed by atoms with Crippen LogP contribution >= 0.6 is 11.6 Å². The van der Waals surface area contributed by atoms with Crippen LogP contribution in [0.25, 0.3) is 6.08 Å². The van der Waals surface area contributed by atoms with Gasteiger partial charge in [-0.3, -0.25) is 4.79 Å². The smallest absolute Gasteiger partial charge is 0.266 e. The third kappa shape index (κ3) is 4.75. The minimum absolute atomic E-state index is 0.00347. The van der Waals surface area contributed by atoms with Gasteiger partial charge in [-0.25, -0.2) is 0 Å². The van der Waals surface area contributed by atoms with Crippen LogP contribution in [0.3, 0.4) is 0 Å². The molecule has 0 aliphatic carbocycles. The van der Waals surface area contributed by atoms with Crippen molar-refractivity contribution in [1.82, 2.24) is 0 Å². The van der Waals surface area contributed by atoms with Gasteiger partial charge in [0, 0.05) is 10.7 Å². The molecule has 0 fully saturated rings. The minimum atomic E-state index is -0.548. The summed E-state index contributed by atoms with van der Waals surface area (Å²) in [6.07, 6.45) is 1.42. The highest BCUT2D eigenvalue weighted by Gasteiger charge is 2.11. The Hall–Kier alpha value is -2.97. The summed E-state index contributed by atoms with van der Waals surface area (Å²) in [5.74, 6) is -0.260. The number of carbonyl (C=O) groups is 1. The normalized spacial score (nSPS) is 10.9. The molecule has 0 aromatic heterocycles. The van der Waals surface area contributed by atoms with Crippen LogP contribution in [-0.2, 0) is 4.79 Å². The molecule has 2 aromatic carbocycles. The molecular formula is C19H17ClN2O3. The average Bonchev–Trinajstić information content (AvgIpc) is 2.58. The van der Waals surface area contributed by atoms with E-state index in [9.17, 15) is 15.2 Å². The lowest BCUT2D eigenvalue weighted by Gasteiger charge is -2.08. The van der Waals surface area contributed by atoms with Crippen molar-refractivity contribution in [2.24, 2.45) is 0 Å². The molecule has 0 atom stereocenters. The first-order valence-electron chi connectivity index (χ1n) is 7.59. The zero-order valence-corrected chi connectivity index (χ0v) is 14.6. The maximum atomic E-state index is 12.3. The highest BCUT2D eigenvalue weighted by atomic mass is 35.5. The number of aryl methyl sites for hydroxylation is 1. The molecule has 0 aliphatic heterocycles. The zero-order chi connectivity index (χ0) is 18.4. The average molecular weight is 357 g/mol. The molecule has 128 valence electrons. The van der Waals surface area contributed by atoms with Crippen LogP contribution < -0.4 is 10.1 Å². The van der Waals surface area contributed by atoms with E-state index in [1.807, 2.05) is 13.0 Å². The second kappa shape index (κ2) is 8.22. The van der Waals surface area contributed by atoms with Crippen molar-refractivity contribution < 1.29 is 14.6 Å². The minimum Gasteiger partial charge on any atom is -0.504 e. The van der Waals surface area contributed by atoms with E-state index in [1.54, 1.807) is 37.3 Å². The van der Waals surface area contributed by atoms with Crippen molar-refractivity contribution in [3.63, 3.8) is 0 Å². The molecule has 0 saturated heterocycles. The van der Waals surface area contributed by atoms with Gasteiger partial charge < -0.3 is 15.2 Å². The molecule has 1 amide bonds. The first kappa shape index (κ1) is 18.4. The monoisotopic (exact) mass is 356 g/mol. The van der Waals surface area contributed by atoms with E-state index < -0.39 is 5.91 Å². The number of hydrogen-bond acceptors (Lipinski definition) is 4. The maximum Gasteiger partial charge on any atom is 0.266 e. The van der Waals surface area contributed by atoms with E-state index in [1.165, 1.54) is 12.1 Å². The Kier molecular flexibility index (Phi) is 6.04. The molecule has 0 aliphatic rings. The molecule has 0 heterocycles. The number of amides is 1. The fourth-order valence-corrected chi connectivity index (χ4v) is 2.26. The Morgan fingerprint density at radius 3 is 2.76 bits per heavy atom. The van der Waals surface area contributed by atoms with Crippen molar-refractivity contribution in [1.29, 1.82) is 5.26 Å². The molecule has 0 spiro atoms. The molecule has 0 radical (unpaired) electrons. The number of carbonyl (C=O) groups excluding carboxylic acids is 1. The molecule has 5 nitrogen and oxygen atoms in total. The lowest BCUT2D eigenvalue weighted by atomic mass is 10.1. The van der Waals surface area contributed by atoms with Gasteiger partial charge in [0.1, 0.15) is 11.6 Å². The van der Waals surface area contributed by atoms with Crippen molar-refractivity contribution in [3.8, 4) is 17.6 Å². The number of aromatic hydroxyl groups is 1. The third-order valence-corrected chi connectivity index (χ3v) is 3.80. The summed E-state index contributed by atoms with van der Waals surface area (Å²) in [5.41, 5.74) is 1.88. The van der Waals surface area contributed by atoms with Crippen molar-refractivity contribution in [2.75, 3.05) is 11.9 Å². The number of nitriles is 1. The van der Waals surface area contributed by atoms with Gasteiger partial charge in [-0.05, 0) is 55.3 Å². The lowest BCUT2D eigenvalue weighted by molar-refractivity contribution is -0.112. The first-order chi connectivity index (χ1) is 11.9. The Labute approximate surface area is 151 Å². The quantitative estimate of drug-likeness (QED) is 0.618. The van der Waals surface area contributed by atoms with E-state index in [4.69, 9.17) is 16.3 Å². The number of rotatable bonds is 5. The van der Waals surface area contributed by atoms with Crippen LogP contribution in [0.2, 0.25) is 5.02 Å². The van der Waals surface area contributed by atoms with Crippen molar-refractivity contribution in [3.05, 3.63) is 58.1 Å². The largest absolute Gasteiger partial charge is 0.504 e. The van der Waals surface area contributed by atoms with Gasteiger partial charge in [0.05, 0.1) is 6.61 Å². The predicted molar refractivity (Wildman–Crippen MR) is 97.7 cm³/mol. The maximum absolute atomic E-state index is 12.3. The summed E-state index contributed by atoms with van der Waals surface area (Å²) in [4.78, 5) is 12.3. The molecule has 0 saturated carbocycles. The highest BCUT2D eigenvalue weighted by Crippen LogP contribution is 2.28. The summed E-state index contributed by atoms with van der Waals surface area (Å²) in [5, 5.41) is 22.1. The molecule has 6 heteroatoms. The Bertz CT molecular complexity index is 869. The van der Waals surface area contributed by atoms with Crippen LogP contribution in [0.15, 0.2) is 42.0 Å². The van der Waals surface area contributed by atoms with Gasteiger partial charge in [-0.2, -0.15) is 5.26 Å². The molecule has 25 heavy (non-hydrogen) atoms. The van der Waals surface area contributed by atoms with Gasteiger partial charge >= 0.3 is 0 Å². The number of benzene rings is 2. The van der Waals surface area contributed by atoms with Crippen LogP contribution in [-0.4, -0.2) is 17.6 Å². The Morgan fingerprint density at radius 2 is 2.12 bits per heavy atom. The van der Waals surface area contributed by atoms with Gasteiger partial charge in [-0.15, -0.1) is 0 Å². The lowest BCUT2D eigenvalue weighted by Crippen LogP contribution is -2.13. The SMILES string of the molecule is CCOc1cc(/C=C(\C#N)C(=O)Nc2ccc(C)c(Cl)c2)ccc1O. The highest BCUT2D eigenvalue weighted by molar-refractivity contribution is 6.31. The summed E-state index contributed by atoms with van der Waals surface area (Å²) in [6, 6.07) is 11.6. The topological polar surface area (TPSA) is 82.3 Å². The zero-order valence-electron chi connectivity index (χ0n) is 13.8. The number of phenols is 1. The second-order valence-electron chi connectivity index (χ2n) is 5.25. The number of nitrogens with zero attached hydrogens (tertiary/aromatic N) is 1. The van der Waals surface area contributed by atoms with E-state index in [0.717, 1.165) is 5.56 Å². The number of anilines is 1. The van der Waals surface area contributed by atoms with Gasteiger partial charge in [0.2, 0.25) is 0 Å². The molecule has 2 N–H and O–H groups in total. The predicted octanol–water partition coefficient (Wildman–Crippen LogP) is 4.30. The number of hydrogen-bond donors (Lipinski definition) is 2. The summed E-state index contributed by atoms with van der Waals surface area (Å²) in [7, 11) is 0. The van der Waals surface area contributed by atoms with E-state index in [-0.39, 0.29) is 11.3 Å². The number of halogens is 1. The van der Waals surface area contributed by atoms with E-state index in [2.05, 4.69) is 5.32 Å². The molecule has 2 aromatic rings. The standard InChI is InChI=1S/C19H17ClN2O3/c1-3-25-18-9-13(5-7-17(18)23)8-14(11-21)19(24)22-15-6-4-12(2)16(20)10-15/h4-10,23H,3H2,1-2H3,(H,22,24)/b14-8+. The van der Waals surface area contributed by atoms with E-state index >= 15 is 0 Å². The fourth-order valence-electron chi connectivity index (χ4n) is 2.08. The van der Waals surface area contributed by atoms with Crippen molar-refractivity contribution >= 4 is 29.3 Å². The molecule has 2 rings (SSSR count). The van der Waals surface area contributed by atoms with E-state index in [0.29, 0.717) is 28.6 Å². The second-order valence-corrected chi connectivity index (χ2v) is 5.66. The van der Waals surface area contributed by atoms with Crippen LogP contribution in [0.5, 0.6) is 11.5 Å². The summed E-state index contributed by atoms with van der Waals surface area (Å²) < 4.78 is 5.30.